The lowest BCUT2D eigenvalue weighted by molar-refractivity contribution is 0.0858. The van der Waals surface area contributed by atoms with Crippen molar-refractivity contribution in [2.24, 2.45) is 0 Å². The summed E-state index contributed by atoms with van der Waals surface area (Å²) in [6.45, 7) is 3.30. The fourth-order valence-corrected chi connectivity index (χ4v) is 4.12. The Morgan fingerprint density at radius 3 is 2.30 bits per heavy atom. The van der Waals surface area contributed by atoms with Crippen LogP contribution in [0.1, 0.15) is 29.7 Å². The molecule has 0 radical (unpaired) electrons. The van der Waals surface area contributed by atoms with E-state index in [4.69, 9.17) is 25.8 Å². The van der Waals surface area contributed by atoms with Crippen molar-refractivity contribution >= 4 is 11.6 Å². The van der Waals surface area contributed by atoms with Gasteiger partial charge in [0.25, 0.3) is 0 Å². The fourth-order valence-electron chi connectivity index (χ4n) is 3.92. The second-order valence-electron chi connectivity index (χ2n) is 8.09. The van der Waals surface area contributed by atoms with E-state index in [-0.39, 0.29) is 6.04 Å². The molecule has 0 bridgehead atoms. The molecule has 1 N–H and O–H groups in total. The van der Waals surface area contributed by atoms with Crippen LogP contribution in [0.3, 0.4) is 0 Å². The molecule has 33 heavy (non-hydrogen) atoms. The van der Waals surface area contributed by atoms with E-state index in [9.17, 15) is 5.11 Å². The molecule has 6 heteroatoms. The van der Waals surface area contributed by atoms with Gasteiger partial charge in [0.05, 0.1) is 27.4 Å². The Hall–Kier alpha value is -2.73. The van der Waals surface area contributed by atoms with Crippen LogP contribution in [-0.2, 0) is 13.0 Å². The molecule has 0 aromatic heterocycles. The second-order valence-corrected chi connectivity index (χ2v) is 8.53. The maximum atomic E-state index is 11.0. The van der Waals surface area contributed by atoms with E-state index in [0.717, 1.165) is 28.9 Å². The molecule has 0 aliphatic carbocycles. The summed E-state index contributed by atoms with van der Waals surface area (Å²) in [6.07, 6.45) is 0.120. The number of ether oxygens (including phenoxy) is 3. The summed E-state index contributed by atoms with van der Waals surface area (Å²) in [7, 11) is 4.94. The molecule has 1 unspecified atom stereocenters. The predicted octanol–water partition coefficient (Wildman–Crippen LogP) is 5.53. The minimum absolute atomic E-state index is 0.142. The Morgan fingerprint density at radius 1 is 0.848 bits per heavy atom. The summed E-state index contributed by atoms with van der Waals surface area (Å²) >= 11 is 6.15. The Labute approximate surface area is 201 Å². The lowest BCUT2D eigenvalue weighted by Gasteiger charge is -2.31. The molecule has 2 atom stereocenters. The summed E-state index contributed by atoms with van der Waals surface area (Å²) in [6, 6.07) is 21.5. The fraction of sp³-hybridized carbons (Fsp3) is 0.333. The zero-order valence-corrected chi connectivity index (χ0v) is 20.4. The number of nitrogens with zero attached hydrogens (tertiary/aromatic N) is 1. The van der Waals surface area contributed by atoms with Gasteiger partial charge in [-0.1, -0.05) is 41.9 Å². The van der Waals surface area contributed by atoms with Crippen LogP contribution in [-0.4, -0.2) is 43.9 Å². The van der Waals surface area contributed by atoms with Crippen molar-refractivity contribution < 1.29 is 19.3 Å². The van der Waals surface area contributed by atoms with Gasteiger partial charge in [0, 0.05) is 24.2 Å². The number of rotatable bonds is 11. The van der Waals surface area contributed by atoms with Crippen molar-refractivity contribution in [3.05, 3.63) is 88.4 Å². The second kappa shape index (κ2) is 11.9. The molecule has 3 aromatic rings. The third-order valence-corrected chi connectivity index (χ3v) is 6.00. The van der Waals surface area contributed by atoms with E-state index in [1.807, 2.05) is 54.6 Å². The van der Waals surface area contributed by atoms with Gasteiger partial charge in [0.15, 0.2) is 11.5 Å². The van der Waals surface area contributed by atoms with Gasteiger partial charge < -0.3 is 19.3 Å². The summed E-state index contributed by atoms with van der Waals surface area (Å²) in [5.74, 6) is 2.23. The molecule has 0 saturated carbocycles. The highest BCUT2D eigenvalue weighted by Crippen LogP contribution is 2.29. The van der Waals surface area contributed by atoms with Crippen molar-refractivity contribution in [2.45, 2.75) is 32.0 Å². The van der Waals surface area contributed by atoms with Crippen LogP contribution in [0.15, 0.2) is 66.7 Å². The van der Waals surface area contributed by atoms with Gasteiger partial charge in [-0.05, 0) is 66.4 Å². The average molecular weight is 470 g/mol. The molecule has 0 spiro atoms. The van der Waals surface area contributed by atoms with Crippen LogP contribution in [0.4, 0.5) is 0 Å². The van der Waals surface area contributed by atoms with E-state index < -0.39 is 6.10 Å². The quantitative estimate of drug-likeness (QED) is 0.400. The molecule has 0 aliphatic heterocycles. The van der Waals surface area contributed by atoms with Crippen LogP contribution >= 0.6 is 11.6 Å². The lowest BCUT2D eigenvalue weighted by atomic mass is 10.0. The van der Waals surface area contributed by atoms with Crippen molar-refractivity contribution in [2.75, 3.05) is 27.9 Å². The third-order valence-electron chi connectivity index (χ3n) is 5.76. The first-order valence-corrected chi connectivity index (χ1v) is 11.3. The zero-order chi connectivity index (χ0) is 23.8. The zero-order valence-electron chi connectivity index (χ0n) is 19.6. The third kappa shape index (κ3) is 6.87. The highest BCUT2D eigenvalue weighted by atomic mass is 35.5. The van der Waals surface area contributed by atoms with Crippen LogP contribution in [0, 0.1) is 0 Å². The normalized spacial score (nSPS) is 12.9. The molecule has 0 heterocycles. The topological polar surface area (TPSA) is 51.2 Å². The molecular weight excluding hydrogens is 438 g/mol. The lowest BCUT2D eigenvalue weighted by Crippen LogP contribution is -2.37. The number of aliphatic hydroxyl groups is 1. The van der Waals surface area contributed by atoms with Gasteiger partial charge in [0.2, 0.25) is 0 Å². The maximum absolute atomic E-state index is 11.0. The molecule has 3 aromatic carbocycles. The summed E-state index contributed by atoms with van der Waals surface area (Å²) < 4.78 is 16.2. The molecule has 0 amide bonds. The van der Waals surface area contributed by atoms with Gasteiger partial charge in [-0.25, -0.2) is 0 Å². The van der Waals surface area contributed by atoms with Gasteiger partial charge >= 0.3 is 0 Å². The van der Waals surface area contributed by atoms with Crippen LogP contribution < -0.4 is 14.2 Å². The van der Waals surface area contributed by atoms with Crippen LogP contribution in [0.25, 0.3) is 0 Å². The number of methoxy groups -OCH3 is 3. The van der Waals surface area contributed by atoms with Gasteiger partial charge in [0.1, 0.15) is 5.75 Å². The van der Waals surface area contributed by atoms with Gasteiger partial charge in [-0.2, -0.15) is 0 Å². The molecule has 5 nitrogen and oxygen atoms in total. The number of halogens is 1. The predicted molar refractivity (Wildman–Crippen MR) is 133 cm³/mol. The molecule has 0 saturated heterocycles. The summed E-state index contributed by atoms with van der Waals surface area (Å²) in [5, 5.41) is 11.6. The summed E-state index contributed by atoms with van der Waals surface area (Å²) in [5.41, 5.74) is 3.05. The Balaban J connectivity index is 1.83. The first-order chi connectivity index (χ1) is 15.9. The van der Waals surface area contributed by atoms with E-state index in [1.165, 1.54) is 0 Å². The highest BCUT2D eigenvalue weighted by molar-refractivity contribution is 6.30. The Morgan fingerprint density at radius 2 is 1.61 bits per heavy atom. The van der Waals surface area contributed by atoms with Gasteiger partial charge in [-0.15, -0.1) is 0 Å². The van der Waals surface area contributed by atoms with Gasteiger partial charge in [-0.3, -0.25) is 4.90 Å². The monoisotopic (exact) mass is 469 g/mol. The van der Waals surface area contributed by atoms with E-state index >= 15 is 0 Å². The number of hydrogen-bond acceptors (Lipinski definition) is 5. The number of benzene rings is 3. The molecule has 0 aliphatic rings. The molecule has 3 rings (SSSR count). The van der Waals surface area contributed by atoms with E-state index in [2.05, 4.69) is 24.0 Å². The smallest absolute Gasteiger partial charge is 0.160 e. The highest BCUT2D eigenvalue weighted by Gasteiger charge is 2.21. The largest absolute Gasteiger partial charge is 0.497 e. The van der Waals surface area contributed by atoms with Crippen LogP contribution in [0.5, 0.6) is 17.2 Å². The van der Waals surface area contributed by atoms with E-state index in [1.54, 1.807) is 21.3 Å². The standard InChI is InChI=1S/C27H32ClNO4/c1-19(13-20-11-12-26(32-3)27(15-20)33-4)29(17-21-7-5-10-24(14-21)31-2)18-25(30)22-8-6-9-23(28)16-22/h5-12,14-16,19,25,30H,13,17-18H2,1-4H3/t19?,25-/m0/s1. The van der Waals surface area contributed by atoms with Crippen LogP contribution in [0.2, 0.25) is 5.02 Å². The minimum Gasteiger partial charge on any atom is -0.497 e. The average Bonchev–Trinajstić information content (AvgIpc) is 2.83. The molecular formula is C27H32ClNO4. The van der Waals surface area contributed by atoms with Crippen molar-refractivity contribution in [3.63, 3.8) is 0 Å². The first kappa shape index (κ1) is 24.9. The summed E-state index contributed by atoms with van der Waals surface area (Å²) in [4.78, 5) is 2.27. The van der Waals surface area contributed by atoms with Crippen molar-refractivity contribution in [1.82, 2.24) is 4.90 Å². The number of hydrogen-bond donors (Lipinski definition) is 1. The van der Waals surface area contributed by atoms with E-state index in [0.29, 0.717) is 29.6 Å². The van der Waals surface area contributed by atoms with Crippen molar-refractivity contribution in [3.8, 4) is 17.2 Å². The number of aliphatic hydroxyl groups excluding tert-OH is 1. The van der Waals surface area contributed by atoms with Crippen molar-refractivity contribution in [1.29, 1.82) is 0 Å². The first-order valence-electron chi connectivity index (χ1n) is 10.9. The minimum atomic E-state index is -0.665. The molecule has 0 fully saturated rings. The Kier molecular flexibility index (Phi) is 9.01. The molecule has 176 valence electrons. The Bertz CT molecular complexity index is 1040. The SMILES string of the molecule is COc1cccc(CN(C[C@H](O)c2cccc(Cl)c2)C(C)Cc2ccc(OC)c(OC)c2)c1. The maximum Gasteiger partial charge on any atom is 0.160 e.